The topological polar surface area (TPSA) is 32.3 Å². The van der Waals surface area contributed by atoms with Crippen LogP contribution in [0.3, 0.4) is 0 Å². The molecule has 3 nitrogen and oxygen atoms in total. The Bertz CT molecular complexity index is 486. The lowest BCUT2D eigenvalue weighted by atomic mass is 9.96. The minimum Gasteiger partial charge on any atom is -0.348 e. The van der Waals surface area contributed by atoms with Gasteiger partial charge in [0.05, 0.1) is 12.6 Å². The molecule has 1 aromatic rings. The lowest BCUT2D eigenvalue weighted by molar-refractivity contribution is -0.124. The number of hydrogen-bond acceptors (Lipinski definition) is 2. The molecule has 1 aliphatic heterocycles. The summed E-state index contributed by atoms with van der Waals surface area (Å²) in [5.41, 5.74) is 0.955. The maximum atomic E-state index is 13.1. The summed E-state index contributed by atoms with van der Waals surface area (Å²) in [5, 5.41) is 3.12. The molecular weight excluding hydrogens is 279 g/mol. The molecule has 2 atom stereocenters. The van der Waals surface area contributed by atoms with Gasteiger partial charge in [-0.2, -0.15) is 0 Å². The van der Waals surface area contributed by atoms with Crippen molar-refractivity contribution in [2.75, 3.05) is 13.1 Å². The van der Waals surface area contributed by atoms with Crippen molar-refractivity contribution in [3.8, 4) is 0 Å². The summed E-state index contributed by atoms with van der Waals surface area (Å²) in [6.45, 7) is 7.77. The average molecular weight is 306 g/mol. The first-order valence-electron chi connectivity index (χ1n) is 8.26. The Hall–Kier alpha value is -1.42. The molecule has 0 radical (unpaired) electrons. The van der Waals surface area contributed by atoms with Crippen molar-refractivity contribution in [2.45, 2.75) is 52.1 Å². The van der Waals surface area contributed by atoms with Crippen LogP contribution in [-0.2, 0) is 4.79 Å². The molecule has 1 N–H and O–H groups in total. The highest BCUT2D eigenvalue weighted by Gasteiger charge is 2.23. The molecular formula is C18H27FN2O. The third-order valence-corrected chi connectivity index (χ3v) is 4.50. The van der Waals surface area contributed by atoms with Gasteiger partial charge in [-0.15, -0.1) is 0 Å². The predicted molar refractivity (Wildman–Crippen MR) is 87.0 cm³/mol. The van der Waals surface area contributed by atoms with Crippen LogP contribution in [0.4, 0.5) is 4.39 Å². The Morgan fingerprint density at radius 1 is 1.32 bits per heavy atom. The van der Waals surface area contributed by atoms with Gasteiger partial charge in [-0.1, -0.05) is 32.4 Å². The molecule has 4 heteroatoms. The Balaban J connectivity index is 1.98. The van der Waals surface area contributed by atoms with Gasteiger partial charge in [0.2, 0.25) is 5.91 Å². The second-order valence-electron chi connectivity index (χ2n) is 6.66. The number of hydrogen-bond donors (Lipinski definition) is 1. The van der Waals surface area contributed by atoms with Gasteiger partial charge < -0.3 is 5.32 Å². The zero-order valence-corrected chi connectivity index (χ0v) is 13.8. The van der Waals surface area contributed by atoms with E-state index in [9.17, 15) is 9.18 Å². The maximum absolute atomic E-state index is 13.1. The van der Waals surface area contributed by atoms with Gasteiger partial charge in [0.1, 0.15) is 5.82 Å². The number of benzene rings is 1. The number of likely N-dealkylation sites (tertiary alicyclic amines) is 1. The molecule has 1 saturated heterocycles. The van der Waals surface area contributed by atoms with E-state index >= 15 is 0 Å². The van der Waals surface area contributed by atoms with Crippen LogP contribution in [0.2, 0.25) is 0 Å². The van der Waals surface area contributed by atoms with E-state index in [4.69, 9.17) is 0 Å². The summed E-state index contributed by atoms with van der Waals surface area (Å²) in [6.07, 6.45) is 3.59. The smallest absolute Gasteiger partial charge is 0.234 e. The highest BCUT2D eigenvalue weighted by molar-refractivity contribution is 5.78. The third-order valence-electron chi connectivity index (χ3n) is 4.50. The molecule has 1 heterocycles. The number of halogens is 1. The molecule has 0 bridgehead atoms. The summed E-state index contributed by atoms with van der Waals surface area (Å²) < 4.78 is 13.1. The predicted octanol–water partition coefficient (Wildman–Crippen LogP) is 3.51. The van der Waals surface area contributed by atoms with E-state index in [2.05, 4.69) is 31.0 Å². The van der Waals surface area contributed by atoms with Crippen LogP contribution in [0.15, 0.2) is 24.3 Å². The van der Waals surface area contributed by atoms with Gasteiger partial charge in [-0.3, -0.25) is 9.69 Å². The fraction of sp³-hybridized carbons (Fsp3) is 0.611. The zero-order valence-electron chi connectivity index (χ0n) is 13.8. The molecule has 0 aliphatic carbocycles. The van der Waals surface area contributed by atoms with Crippen LogP contribution in [0.25, 0.3) is 0 Å². The van der Waals surface area contributed by atoms with Gasteiger partial charge in [-0.25, -0.2) is 4.39 Å². The van der Waals surface area contributed by atoms with Crippen LogP contribution in [0.1, 0.15) is 51.6 Å². The summed E-state index contributed by atoms with van der Waals surface area (Å²) in [7, 11) is 0. The second kappa shape index (κ2) is 7.73. The fourth-order valence-electron chi connectivity index (χ4n) is 3.10. The molecule has 1 aliphatic rings. The van der Waals surface area contributed by atoms with Crippen molar-refractivity contribution in [1.82, 2.24) is 10.2 Å². The average Bonchev–Trinajstić information content (AvgIpc) is 2.48. The number of carbonyl (C=O) groups is 1. The lowest BCUT2D eigenvalue weighted by Gasteiger charge is -2.33. The standard InChI is InChI=1S/C18H27FN2O/c1-13(2)18(15-7-9-16(19)10-8-15)20-17(22)12-21-11-5-4-6-14(21)3/h7-10,13-14,18H,4-6,11-12H2,1-3H3,(H,20,22)/t14-,18+/m1/s1. The molecule has 22 heavy (non-hydrogen) atoms. The van der Waals surface area contributed by atoms with E-state index in [-0.39, 0.29) is 23.7 Å². The quantitative estimate of drug-likeness (QED) is 0.903. The monoisotopic (exact) mass is 306 g/mol. The largest absolute Gasteiger partial charge is 0.348 e. The molecule has 0 saturated carbocycles. The Labute approximate surface area is 132 Å². The summed E-state index contributed by atoms with van der Waals surface area (Å²) in [6, 6.07) is 6.80. The number of carbonyl (C=O) groups excluding carboxylic acids is 1. The fourth-order valence-corrected chi connectivity index (χ4v) is 3.10. The van der Waals surface area contributed by atoms with E-state index in [0.29, 0.717) is 12.6 Å². The van der Waals surface area contributed by atoms with Crippen LogP contribution in [0, 0.1) is 11.7 Å². The highest BCUT2D eigenvalue weighted by atomic mass is 19.1. The molecule has 1 aromatic carbocycles. The van der Waals surface area contributed by atoms with Crippen molar-refractivity contribution in [3.05, 3.63) is 35.6 Å². The van der Waals surface area contributed by atoms with E-state index in [0.717, 1.165) is 12.1 Å². The van der Waals surface area contributed by atoms with Gasteiger partial charge in [0.15, 0.2) is 0 Å². The van der Waals surface area contributed by atoms with Crippen molar-refractivity contribution < 1.29 is 9.18 Å². The second-order valence-corrected chi connectivity index (χ2v) is 6.66. The first-order chi connectivity index (χ1) is 10.5. The van der Waals surface area contributed by atoms with Gasteiger partial charge in [0, 0.05) is 6.04 Å². The highest BCUT2D eigenvalue weighted by Crippen LogP contribution is 2.22. The maximum Gasteiger partial charge on any atom is 0.234 e. The van der Waals surface area contributed by atoms with Gasteiger partial charge in [-0.05, 0) is 49.9 Å². The van der Waals surface area contributed by atoms with Crippen molar-refractivity contribution in [1.29, 1.82) is 0 Å². The molecule has 0 spiro atoms. The molecule has 1 amide bonds. The normalized spacial score (nSPS) is 20.9. The molecule has 0 aromatic heterocycles. The number of piperidine rings is 1. The molecule has 1 fully saturated rings. The van der Waals surface area contributed by atoms with Crippen LogP contribution < -0.4 is 5.32 Å². The minimum atomic E-state index is -0.250. The number of nitrogens with one attached hydrogen (secondary N) is 1. The summed E-state index contributed by atoms with van der Waals surface area (Å²) in [5.74, 6) is 0.0599. The van der Waals surface area contributed by atoms with E-state index < -0.39 is 0 Å². The SMILES string of the molecule is CC(C)[C@H](NC(=O)CN1CCCC[C@H]1C)c1ccc(F)cc1. The van der Waals surface area contributed by atoms with E-state index in [1.807, 2.05) is 0 Å². The first kappa shape index (κ1) is 16.9. The molecule has 2 rings (SSSR count). The Morgan fingerprint density at radius 3 is 2.59 bits per heavy atom. The lowest BCUT2D eigenvalue weighted by Crippen LogP contribution is -2.45. The van der Waals surface area contributed by atoms with E-state index in [1.54, 1.807) is 12.1 Å². The summed E-state index contributed by atoms with van der Waals surface area (Å²) >= 11 is 0. The van der Waals surface area contributed by atoms with Gasteiger partial charge in [0.25, 0.3) is 0 Å². The van der Waals surface area contributed by atoms with Gasteiger partial charge >= 0.3 is 0 Å². The number of rotatable bonds is 5. The van der Waals surface area contributed by atoms with Crippen molar-refractivity contribution >= 4 is 5.91 Å². The van der Waals surface area contributed by atoms with Crippen LogP contribution in [0.5, 0.6) is 0 Å². The number of nitrogens with zero attached hydrogens (tertiary/aromatic N) is 1. The molecule has 0 unspecified atom stereocenters. The third kappa shape index (κ3) is 4.54. The van der Waals surface area contributed by atoms with E-state index in [1.165, 1.54) is 31.4 Å². The van der Waals surface area contributed by atoms with Crippen LogP contribution >= 0.6 is 0 Å². The Morgan fingerprint density at radius 2 is 2.00 bits per heavy atom. The first-order valence-corrected chi connectivity index (χ1v) is 8.26. The molecule has 122 valence electrons. The van der Waals surface area contributed by atoms with Crippen LogP contribution in [-0.4, -0.2) is 29.9 Å². The zero-order chi connectivity index (χ0) is 16.1. The van der Waals surface area contributed by atoms with Crippen molar-refractivity contribution in [2.24, 2.45) is 5.92 Å². The summed E-state index contributed by atoms with van der Waals surface area (Å²) in [4.78, 5) is 14.6. The minimum absolute atomic E-state index is 0.0526. The van der Waals surface area contributed by atoms with Crippen molar-refractivity contribution in [3.63, 3.8) is 0 Å². The Kier molecular flexibility index (Phi) is 5.95. The number of amides is 1.